The molecule has 0 saturated carbocycles. The molecule has 0 fully saturated rings. The third kappa shape index (κ3) is 3.77. The Bertz CT molecular complexity index is 1150. The molecule has 0 aliphatic carbocycles. The van der Waals surface area contributed by atoms with E-state index in [9.17, 15) is 4.79 Å². The van der Waals surface area contributed by atoms with Crippen LogP contribution in [0, 0.1) is 13.8 Å². The highest BCUT2D eigenvalue weighted by molar-refractivity contribution is 7.21. The Kier molecular flexibility index (Phi) is 5.39. The van der Waals surface area contributed by atoms with Crippen LogP contribution in [0.3, 0.4) is 0 Å². The highest BCUT2D eigenvalue weighted by Gasteiger charge is 2.24. The summed E-state index contributed by atoms with van der Waals surface area (Å²) in [6, 6.07) is 5.88. The van der Waals surface area contributed by atoms with Crippen molar-refractivity contribution in [3.8, 4) is 5.69 Å². The van der Waals surface area contributed by atoms with Crippen LogP contribution in [0.15, 0.2) is 30.6 Å². The normalized spacial score (nSPS) is 11.3. The standard InChI is InChI=1S/C20H22N6O2S/c1-4-5-10-26-15(22-23-24-26)12-28-20(27)18-17(25-8-6-7-9-25)16-13(2)11-14(3)21-19(16)29-18/h6-9,11H,4-5,10,12H2,1-3H3. The second kappa shape index (κ2) is 8.12. The van der Waals surface area contributed by atoms with Gasteiger partial charge in [-0.15, -0.1) is 16.4 Å². The first kappa shape index (κ1) is 19.3. The number of carbonyl (C=O) groups is 1. The van der Waals surface area contributed by atoms with Gasteiger partial charge in [-0.1, -0.05) is 13.3 Å². The van der Waals surface area contributed by atoms with E-state index in [1.54, 1.807) is 4.68 Å². The molecule has 9 heteroatoms. The van der Waals surface area contributed by atoms with Gasteiger partial charge in [0.25, 0.3) is 0 Å². The van der Waals surface area contributed by atoms with E-state index in [4.69, 9.17) is 4.74 Å². The summed E-state index contributed by atoms with van der Waals surface area (Å²) in [5.41, 5.74) is 2.80. The molecule has 4 rings (SSSR count). The summed E-state index contributed by atoms with van der Waals surface area (Å²) in [4.78, 5) is 19.0. The molecular formula is C20H22N6O2S. The molecular weight excluding hydrogens is 388 g/mol. The summed E-state index contributed by atoms with van der Waals surface area (Å²) in [5, 5.41) is 12.6. The largest absolute Gasteiger partial charge is 0.453 e. The van der Waals surface area contributed by atoms with Crippen molar-refractivity contribution in [2.45, 2.75) is 46.8 Å². The Morgan fingerprint density at radius 1 is 1.24 bits per heavy atom. The lowest BCUT2D eigenvalue weighted by Crippen LogP contribution is -2.11. The maximum absolute atomic E-state index is 13.0. The Labute approximate surface area is 172 Å². The number of hydrogen-bond acceptors (Lipinski definition) is 7. The van der Waals surface area contributed by atoms with Crippen molar-refractivity contribution in [2.75, 3.05) is 0 Å². The minimum Gasteiger partial charge on any atom is -0.453 e. The molecule has 150 valence electrons. The Morgan fingerprint density at radius 3 is 2.79 bits per heavy atom. The van der Waals surface area contributed by atoms with Crippen molar-refractivity contribution in [1.29, 1.82) is 0 Å². The van der Waals surface area contributed by atoms with Gasteiger partial charge in [-0.2, -0.15) is 0 Å². The monoisotopic (exact) mass is 410 g/mol. The lowest BCUT2D eigenvalue weighted by Gasteiger charge is -2.08. The zero-order valence-corrected chi connectivity index (χ0v) is 17.4. The lowest BCUT2D eigenvalue weighted by molar-refractivity contribution is 0.0462. The number of tetrazole rings is 1. The van der Waals surface area contributed by atoms with Crippen molar-refractivity contribution < 1.29 is 9.53 Å². The fraction of sp³-hybridized carbons (Fsp3) is 0.350. The van der Waals surface area contributed by atoms with Crippen molar-refractivity contribution in [2.24, 2.45) is 0 Å². The van der Waals surface area contributed by atoms with Gasteiger partial charge in [0.2, 0.25) is 0 Å². The highest BCUT2D eigenvalue weighted by atomic mass is 32.1. The van der Waals surface area contributed by atoms with Gasteiger partial charge in [0.05, 0.1) is 5.69 Å². The second-order valence-corrected chi connectivity index (χ2v) is 7.88. The number of esters is 1. The van der Waals surface area contributed by atoms with Gasteiger partial charge in [-0.3, -0.25) is 0 Å². The number of rotatable bonds is 7. The number of hydrogen-bond donors (Lipinski definition) is 0. The van der Waals surface area contributed by atoms with Gasteiger partial charge in [0, 0.05) is 30.0 Å². The molecule has 0 amide bonds. The molecule has 0 saturated heterocycles. The summed E-state index contributed by atoms with van der Waals surface area (Å²) in [6.45, 7) is 6.83. The predicted molar refractivity (Wildman–Crippen MR) is 110 cm³/mol. The van der Waals surface area contributed by atoms with Crippen LogP contribution < -0.4 is 0 Å². The van der Waals surface area contributed by atoms with Gasteiger partial charge in [-0.25, -0.2) is 14.5 Å². The van der Waals surface area contributed by atoms with Gasteiger partial charge in [-0.05, 0) is 54.5 Å². The molecule has 8 nitrogen and oxygen atoms in total. The number of thiophene rings is 1. The van der Waals surface area contributed by atoms with Crippen LogP contribution >= 0.6 is 11.3 Å². The van der Waals surface area contributed by atoms with E-state index >= 15 is 0 Å². The molecule has 0 aliphatic rings. The van der Waals surface area contributed by atoms with Crippen molar-refractivity contribution >= 4 is 27.5 Å². The lowest BCUT2D eigenvalue weighted by atomic mass is 10.1. The number of fused-ring (bicyclic) bond motifs is 1. The van der Waals surface area contributed by atoms with Crippen LogP contribution in [0.1, 0.15) is 46.5 Å². The number of unbranched alkanes of at least 4 members (excludes halogenated alkanes) is 1. The third-order valence-corrected chi connectivity index (χ3v) is 5.72. The van der Waals surface area contributed by atoms with Crippen LogP contribution in [0.25, 0.3) is 15.9 Å². The summed E-state index contributed by atoms with van der Waals surface area (Å²) in [7, 11) is 0. The molecule has 0 aliphatic heterocycles. The molecule has 4 aromatic heterocycles. The molecule has 0 N–H and O–H groups in total. The van der Waals surface area contributed by atoms with Gasteiger partial charge in [0.15, 0.2) is 12.4 Å². The third-order valence-electron chi connectivity index (χ3n) is 4.67. The van der Waals surface area contributed by atoms with Crippen LogP contribution in [0.2, 0.25) is 0 Å². The smallest absolute Gasteiger partial charge is 0.351 e. The number of carbonyl (C=O) groups excluding carboxylic acids is 1. The van der Waals surface area contributed by atoms with E-state index in [1.807, 2.05) is 49.0 Å². The molecule has 0 unspecified atom stereocenters. The van der Waals surface area contributed by atoms with Crippen LogP contribution in [0.5, 0.6) is 0 Å². The van der Waals surface area contributed by atoms with Crippen molar-refractivity contribution in [1.82, 2.24) is 29.8 Å². The number of pyridine rings is 1. The molecule has 0 spiro atoms. The van der Waals surface area contributed by atoms with Crippen molar-refractivity contribution in [3.63, 3.8) is 0 Å². The molecule has 0 aromatic carbocycles. The minimum atomic E-state index is -0.404. The van der Waals surface area contributed by atoms with E-state index < -0.39 is 5.97 Å². The molecule has 29 heavy (non-hydrogen) atoms. The van der Waals surface area contributed by atoms with E-state index in [0.29, 0.717) is 17.2 Å². The molecule has 0 atom stereocenters. The first-order valence-corrected chi connectivity index (χ1v) is 10.4. The molecule has 0 radical (unpaired) electrons. The topological polar surface area (TPSA) is 87.7 Å². The average Bonchev–Trinajstić information content (AvgIpc) is 3.42. The molecule has 0 bridgehead atoms. The van der Waals surface area contributed by atoms with E-state index in [0.717, 1.165) is 40.0 Å². The van der Waals surface area contributed by atoms with Gasteiger partial charge in [0.1, 0.15) is 9.71 Å². The maximum atomic E-state index is 13.0. The minimum absolute atomic E-state index is 0.0281. The number of ether oxygens (including phenoxy) is 1. The SMILES string of the molecule is CCCCn1nnnc1COC(=O)c1sc2nc(C)cc(C)c2c1-n1cccc1. The Morgan fingerprint density at radius 2 is 2.03 bits per heavy atom. The number of nitrogens with zero attached hydrogens (tertiary/aromatic N) is 6. The van der Waals surface area contributed by atoms with Crippen molar-refractivity contribution in [3.05, 3.63) is 52.6 Å². The fourth-order valence-electron chi connectivity index (χ4n) is 3.30. The highest BCUT2D eigenvalue weighted by Crippen LogP contribution is 2.36. The second-order valence-electron chi connectivity index (χ2n) is 6.88. The van der Waals surface area contributed by atoms with Crippen LogP contribution in [0.4, 0.5) is 0 Å². The van der Waals surface area contributed by atoms with E-state index in [1.165, 1.54) is 11.3 Å². The quantitative estimate of drug-likeness (QED) is 0.430. The Balaban J connectivity index is 1.67. The zero-order chi connectivity index (χ0) is 20.4. The zero-order valence-electron chi connectivity index (χ0n) is 16.6. The predicted octanol–water partition coefficient (Wildman–Crippen LogP) is 3.85. The summed E-state index contributed by atoms with van der Waals surface area (Å²) in [6.07, 6.45) is 5.84. The maximum Gasteiger partial charge on any atom is 0.351 e. The average molecular weight is 411 g/mol. The summed E-state index contributed by atoms with van der Waals surface area (Å²) in [5.74, 6) is 0.138. The molecule has 4 heterocycles. The first-order valence-electron chi connectivity index (χ1n) is 9.54. The molecule has 4 aromatic rings. The fourth-order valence-corrected chi connectivity index (χ4v) is 4.48. The Hall–Kier alpha value is -3.07. The van der Waals surface area contributed by atoms with Gasteiger partial charge < -0.3 is 9.30 Å². The summed E-state index contributed by atoms with van der Waals surface area (Å²) >= 11 is 1.35. The first-order chi connectivity index (χ1) is 14.1. The van der Waals surface area contributed by atoms with Gasteiger partial charge >= 0.3 is 5.97 Å². The number of aryl methyl sites for hydroxylation is 3. The van der Waals surface area contributed by atoms with E-state index in [2.05, 4.69) is 27.4 Å². The number of aromatic nitrogens is 6. The van der Waals surface area contributed by atoms with E-state index in [-0.39, 0.29) is 6.61 Å². The van der Waals surface area contributed by atoms with Crippen LogP contribution in [-0.2, 0) is 17.9 Å². The summed E-state index contributed by atoms with van der Waals surface area (Å²) < 4.78 is 9.22. The van der Waals surface area contributed by atoms with Crippen LogP contribution in [-0.4, -0.2) is 35.7 Å².